The minimum atomic E-state index is -0.253. The third-order valence-corrected chi connectivity index (χ3v) is 21.7. The highest BCUT2D eigenvalue weighted by Crippen LogP contribution is 2.55. The molecule has 480 valence electrons. The Morgan fingerprint density at radius 2 is 0.515 bits per heavy atom. The van der Waals surface area contributed by atoms with Gasteiger partial charge in [0.05, 0.1) is 11.4 Å². The van der Waals surface area contributed by atoms with Crippen molar-refractivity contribution in [1.82, 2.24) is 0 Å². The van der Waals surface area contributed by atoms with Crippen LogP contribution in [0.4, 0.5) is 34.1 Å². The van der Waals surface area contributed by atoms with Gasteiger partial charge in [0.15, 0.2) is 0 Å². The highest BCUT2D eigenvalue weighted by atomic mass is 15.2. The van der Waals surface area contributed by atoms with Crippen LogP contribution in [-0.4, -0.2) is 0 Å². The molecule has 2 aliphatic carbocycles. The van der Waals surface area contributed by atoms with E-state index in [0.29, 0.717) is 0 Å². The summed E-state index contributed by atoms with van der Waals surface area (Å²) in [6, 6.07) is 133. The van der Waals surface area contributed by atoms with Crippen molar-refractivity contribution in [2.45, 2.75) is 45.4 Å². The van der Waals surface area contributed by atoms with Gasteiger partial charge in [0, 0.05) is 44.4 Å². The van der Waals surface area contributed by atoms with Crippen LogP contribution in [0, 0.1) is 6.92 Å². The van der Waals surface area contributed by atoms with E-state index in [9.17, 15) is 0 Å². The molecule has 0 radical (unpaired) electrons. The predicted molar refractivity (Wildman–Crippen MR) is 429 cm³/mol. The van der Waals surface area contributed by atoms with E-state index in [-0.39, 0.29) is 10.8 Å². The second kappa shape index (κ2) is 24.6. The topological polar surface area (TPSA) is 6.48 Å². The molecule has 2 aliphatic rings. The maximum absolute atomic E-state index is 2.52. The lowest BCUT2D eigenvalue weighted by atomic mass is 9.81. The average molecular weight is 1290 g/mol. The van der Waals surface area contributed by atoms with Crippen molar-refractivity contribution in [3.63, 3.8) is 0 Å². The molecule has 18 rings (SSSR count). The van der Waals surface area contributed by atoms with Crippen molar-refractivity contribution < 1.29 is 0 Å². The molecule has 0 atom stereocenters. The van der Waals surface area contributed by atoms with Crippen LogP contribution < -0.4 is 9.80 Å². The summed E-state index contributed by atoms with van der Waals surface area (Å²) in [6.45, 7) is 11.7. The number of aryl methyl sites for hydroxylation is 1. The average Bonchev–Trinajstić information content (AvgIpc) is 1.59. The molecule has 0 amide bonds. The summed E-state index contributed by atoms with van der Waals surface area (Å²) in [6.07, 6.45) is 0. The number of rotatable bonds is 13. The van der Waals surface area contributed by atoms with Crippen molar-refractivity contribution in [1.29, 1.82) is 0 Å². The minimum Gasteiger partial charge on any atom is -0.310 e. The first kappa shape index (κ1) is 61.0. The van der Waals surface area contributed by atoms with Gasteiger partial charge < -0.3 is 9.80 Å². The van der Waals surface area contributed by atoms with Crippen LogP contribution in [0.2, 0.25) is 0 Å². The number of hydrogen-bond donors (Lipinski definition) is 0. The zero-order valence-corrected chi connectivity index (χ0v) is 57.5. The quantitative estimate of drug-likeness (QED) is 0.114. The van der Waals surface area contributed by atoms with E-state index >= 15 is 0 Å². The van der Waals surface area contributed by atoms with Gasteiger partial charge in [0.1, 0.15) is 0 Å². The molecule has 2 nitrogen and oxygen atoms in total. The molecule has 0 saturated heterocycles. The first-order valence-electron chi connectivity index (χ1n) is 35.3. The largest absolute Gasteiger partial charge is 0.310 e. The van der Waals surface area contributed by atoms with Crippen LogP contribution in [0.15, 0.2) is 358 Å². The van der Waals surface area contributed by atoms with E-state index in [2.05, 4.69) is 402 Å². The van der Waals surface area contributed by atoms with E-state index < -0.39 is 0 Å². The van der Waals surface area contributed by atoms with Gasteiger partial charge in [-0.05, 0) is 225 Å². The summed E-state index contributed by atoms with van der Waals surface area (Å²) in [5.74, 6) is 0. The van der Waals surface area contributed by atoms with Crippen molar-refractivity contribution in [2.24, 2.45) is 0 Å². The Labute approximate surface area is 593 Å². The molecule has 0 heterocycles. The SMILES string of the molecule is Cc1ccc(N(c2ccc(-c3cccc(-c4ccccc4)c3)cc2)c2ccc3c(c2)C(C)(C)c2cc(-c4ccc(-c5ccc(-c6cc(N(c7ccc8c(c7)C(C)(C)c7cc(-c9ccc(-c%10ccccc%10)cc9)ccc7-8)c7cccc8ccccc78)c7ccccc7c6)cc5)cc4)ccc2-3)cc1. The molecule has 0 N–H and O–H groups in total. The smallest absolute Gasteiger partial charge is 0.0546 e. The summed E-state index contributed by atoms with van der Waals surface area (Å²) in [5.41, 5.74) is 34.9. The molecule has 0 aromatic heterocycles. The normalized spacial score (nSPS) is 13.0. The lowest BCUT2D eigenvalue weighted by Crippen LogP contribution is -2.17. The molecule has 2 heteroatoms. The van der Waals surface area contributed by atoms with Crippen LogP contribution >= 0.6 is 0 Å². The van der Waals surface area contributed by atoms with Gasteiger partial charge in [-0.15, -0.1) is 0 Å². The molecule has 0 aliphatic heterocycles. The van der Waals surface area contributed by atoms with E-state index in [1.54, 1.807) is 0 Å². The zero-order chi connectivity index (χ0) is 67.9. The molecule has 0 spiro atoms. The van der Waals surface area contributed by atoms with Gasteiger partial charge >= 0.3 is 0 Å². The lowest BCUT2D eigenvalue weighted by Gasteiger charge is -2.30. The van der Waals surface area contributed by atoms with Crippen LogP contribution in [0.3, 0.4) is 0 Å². The van der Waals surface area contributed by atoms with Crippen LogP contribution in [-0.2, 0) is 10.8 Å². The number of benzene rings is 16. The fourth-order valence-corrected chi connectivity index (χ4v) is 16.2. The van der Waals surface area contributed by atoms with Gasteiger partial charge in [-0.1, -0.05) is 306 Å². The molecule has 16 aromatic carbocycles. The molecule has 0 unspecified atom stereocenters. The first-order valence-corrected chi connectivity index (χ1v) is 35.3. The number of fused-ring (bicyclic) bond motifs is 8. The Kier molecular flexibility index (Phi) is 14.8. The van der Waals surface area contributed by atoms with E-state index in [0.717, 1.165) is 39.7 Å². The number of nitrogens with zero attached hydrogens (tertiary/aromatic N) is 2. The van der Waals surface area contributed by atoms with Gasteiger partial charge in [0.2, 0.25) is 0 Å². The Morgan fingerprint density at radius 3 is 1.02 bits per heavy atom. The van der Waals surface area contributed by atoms with Crippen molar-refractivity contribution >= 4 is 55.7 Å². The standard InChI is InChI=1S/C99H74N2/c1-65-30-48-82(49-31-65)100(83-50-44-73(45-51-83)77-26-16-25-76(58-77)67-20-10-7-11-21-67)84-52-56-90-88-54-46-79(60-92(88)98(2,3)94(90)63-84)72-40-34-69(35-41-72)70-36-42-74(43-37-70)81-59-80-23-13-15-28-87(80)97(62-81)101(96-29-17-24-75-22-12-14-27-86(75)96)85-53-57-91-89-55-47-78(61-93(89)99(4,5)95(91)64-85)71-38-32-68(33-39-71)66-18-8-6-9-19-66/h6-64H,1-5H3. The van der Waals surface area contributed by atoms with Crippen molar-refractivity contribution in [3.8, 4) is 100 Å². The van der Waals surface area contributed by atoms with Crippen molar-refractivity contribution in [3.05, 3.63) is 386 Å². The first-order chi connectivity index (χ1) is 49.4. The van der Waals surface area contributed by atoms with Crippen LogP contribution in [0.25, 0.3) is 122 Å². The summed E-state index contributed by atoms with van der Waals surface area (Å²) < 4.78 is 0. The monoisotopic (exact) mass is 1290 g/mol. The highest BCUT2D eigenvalue weighted by molar-refractivity contribution is 6.07. The summed E-state index contributed by atoms with van der Waals surface area (Å²) in [4.78, 5) is 4.93. The molecular weight excluding hydrogens is 1220 g/mol. The highest BCUT2D eigenvalue weighted by Gasteiger charge is 2.38. The molecular formula is C99H74N2. The van der Waals surface area contributed by atoms with Gasteiger partial charge in [-0.2, -0.15) is 0 Å². The third-order valence-electron chi connectivity index (χ3n) is 21.7. The zero-order valence-electron chi connectivity index (χ0n) is 57.5. The molecule has 0 saturated carbocycles. The molecule has 16 aromatic rings. The third kappa shape index (κ3) is 10.8. The van der Waals surface area contributed by atoms with E-state index in [4.69, 9.17) is 0 Å². The fourth-order valence-electron chi connectivity index (χ4n) is 16.2. The van der Waals surface area contributed by atoms with Crippen LogP contribution in [0.1, 0.15) is 55.5 Å². The number of hydrogen-bond acceptors (Lipinski definition) is 2. The number of anilines is 6. The molecule has 101 heavy (non-hydrogen) atoms. The molecule has 0 bridgehead atoms. The van der Waals surface area contributed by atoms with Crippen LogP contribution in [0.5, 0.6) is 0 Å². The van der Waals surface area contributed by atoms with Gasteiger partial charge in [0.25, 0.3) is 0 Å². The van der Waals surface area contributed by atoms with Gasteiger partial charge in [-0.3, -0.25) is 0 Å². The Bertz CT molecular complexity index is 5840. The van der Waals surface area contributed by atoms with E-state index in [1.165, 1.54) is 144 Å². The minimum absolute atomic E-state index is 0.235. The fraction of sp³-hybridized carbons (Fsp3) is 0.0707. The Hall–Kier alpha value is -12.4. The van der Waals surface area contributed by atoms with E-state index in [1.807, 2.05) is 0 Å². The van der Waals surface area contributed by atoms with Crippen molar-refractivity contribution in [2.75, 3.05) is 9.80 Å². The summed E-state index contributed by atoms with van der Waals surface area (Å²) in [7, 11) is 0. The maximum atomic E-state index is 2.52. The summed E-state index contributed by atoms with van der Waals surface area (Å²) >= 11 is 0. The Morgan fingerprint density at radius 1 is 0.198 bits per heavy atom. The molecule has 0 fully saturated rings. The van der Waals surface area contributed by atoms with Gasteiger partial charge in [-0.25, -0.2) is 0 Å². The lowest BCUT2D eigenvalue weighted by molar-refractivity contribution is 0.660. The maximum Gasteiger partial charge on any atom is 0.0546 e. The Balaban J connectivity index is 0.630. The predicted octanol–water partition coefficient (Wildman–Crippen LogP) is 27.5. The second-order valence-electron chi connectivity index (χ2n) is 28.5. The summed E-state index contributed by atoms with van der Waals surface area (Å²) in [5, 5.41) is 4.79. The second-order valence-corrected chi connectivity index (χ2v) is 28.5.